The summed E-state index contributed by atoms with van der Waals surface area (Å²) in [6, 6.07) is 11.5. The van der Waals surface area contributed by atoms with Gasteiger partial charge in [0, 0.05) is 55.5 Å². The summed E-state index contributed by atoms with van der Waals surface area (Å²) in [4.78, 5) is 29.4. The molecular formula is C34H49FN4O4Si. The van der Waals surface area contributed by atoms with E-state index in [9.17, 15) is 14.0 Å². The van der Waals surface area contributed by atoms with Crippen LogP contribution in [0.2, 0.25) is 25.7 Å². The van der Waals surface area contributed by atoms with Gasteiger partial charge in [0.05, 0.1) is 5.69 Å². The van der Waals surface area contributed by atoms with E-state index in [0.29, 0.717) is 19.9 Å². The lowest BCUT2D eigenvalue weighted by Crippen LogP contribution is -2.44. The molecule has 1 saturated carbocycles. The number of pyridine rings is 1. The standard InChI is InChI=1S/C34H49FN4O4Si/c1-24(38-32(41)43-33(2,3)4)25-11-14-34(22-40,15-12-25)21-37-29-13-16-36-31-28(29)20-30(26-9-8-10-27(35)19-26)39(31)23-42-17-18-44(5,6)7/h8-10,13,16,19-20,22,24-25H,11-12,14-15,17-18,21,23H2,1-7H3,(H,36,37)(H,38,41). The van der Waals surface area contributed by atoms with Crippen LogP contribution in [0.3, 0.4) is 0 Å². The number of hydrogen-bond donors (Lipinski definition) is 2. The van der Waals surface area contributed by atoms with E-state index in [1.807, 2.05) is 50.5 Å². The van der Waals surface area contributed by atoms with Crippen LogP contribution in [-0.2, 0) is 21.0 Å². The van der Waals surface area contributed by atoms with Crippen LogP contribution in [0.15, 0.2) is 42.6 Å². The Morgan fingerprint density at radius 3 is 2.57 bits per heavy atom. The van der Waals surface area contributed by atoms with Crippen LogP contribution in [0, 0.1) is 17.2 Å². The van der Waals surface area contributed by atoms with Gasteiger partial charge >= 0.3 is 6.09 Å². The van der Waals surface area contributed by atoms with Gasteiger partial charge in [-0.15, -0.1) is 0 Å². The van der Waals surface area contributed by atoms with Gasteiger partial charge in [0.25, 0.3) is 0 Å². The summed E-state index contributed by atoms with van der Waals surface area (Å²) in [7, 11) is -1.25. The average molecular weight is 625 g/mol. The van der Waals surface area contributed by atoms with Crippen LogP contribution in [-0.4, -0.2) is 54.8 Å². The molecule has 2 aromatic heterocycles. The third-order valence-corrected chi connectivity index (χ3v) is 10.2. The maximum Gasteiger partial charge on any atom is 0.407 e. The molecule has 1 amide bonds. The lowest BCUT2D eigenvalue weighted by molar-refractivity contribution is -0.117. The Kier molecular flexibility index (Phi) is 10.6. The monoisotopic (exact) mass is 624 g/mol. The van der Waals surface area contributed by atoms with Gasteiger partial charge in [0.1, 0.15) is 30.1 Å². The topological polar surface area (TPSA) is 94.5 Å². The minimum atomic E-state index is -1.25. The fraction of sp³-hybridized carbons (Fsp3) is 0.559. The van der Waals surface area contributed by atoms with E-state index in [-0.39, 0.29) is 17.8 Å². The molecule has 1 fully saturated rings. The zero-order valence-electron chi connectivity index (χ0n) is 27.3. The number of ether oxygens (including phenoxy) is 2. The lowest BCUT2D eigenvalue weighted by Gasteiger charge is -2.38. The van der Waals surface area contributed by atoms with Crippen LogP contribution in [0.25, 0.3) is 22.3 Å². The summed E-state index contributed by atoms with van der Waals surface area (Å²) < 4.78 is 27.8. The number of alkyl carbamates (subject to hydrolysis) is 1. The van der Waals surface area contributed by atoms with Crippen molar-refractivity contribution in [3.05, 3.63) is 48.4 Å². The van der Waals surface area contributed by atoms with Crippen molar-refractivity contribution in [3.63, 3.8) is 0 Å². The van der Waals surface area contributed by atoms with Gasteiger partial charge in [-0.2, -0.15) is 0 Å². The van der Waals surface area contributed by atoms with E-state index in [2.05, 4.69) is 35.3 Å². The Balaban J connectivity index is 1.49. The first-order chi connectivity index (χ1) is 20.7. The summed E-state index contributed by atoms with van der Waals surface area (Å²) in [5, 5.41) is 7.43. The van der Waals surface area contributed by atoms with Crippen LogP contribution in [0.5, 0.6) is 0 Å². The Labute approximate surface area is 262 Å². The smallest absolute Gasteiger partial charge is 0.407 e. The highest BCUT2D eigenvalue weighted by Crippen LogP contribution is 2.40. The first kappa shape index (κ1) is 33.6. The number of benzene rings is 1. The number of carbonyl (C=O) groups excluding carboxylic acids is 2. The normalized spacial score (nSPS) is 19.9. The number of anilines is 1. The van der Waals surface area contributed by atoms with E-state index >= 15 is 0 Å². The van der Waals surface area contributed by atoms with Crippen molar-refractivity contribution in [3.8, 4) is 11.3 Å². The summed E-state index contributed by atoms with van der Waals surface area (Å²) in [5.74, 6) is -0.0311. The molecule has 0 radical (unpaired) electrons. The minimum Gasteiger partial charge on any atom is -0.444 e. The fourth-order valence-electron chi connectivity index (χ4n) is 5.79. The predicted octanol–water partition coefficient (Wildman–Crippen LogP) is 7.86. The fourth-order valence-corrected chi connectivity index (χ4v) is 6.54. The Hall–Kier alpha value is -3.24. The highest BCUT2D eigenvalue weighted by atomic mass is 28.3. The first-order valence-corrected chi connectivity index (χ1v) is 19.4. The number of amides is 1. The third kappa shape index (κ3) is 8.91. The number of nitrogens with zero attached hydrogens (tertiary/aromatic N) is 2. The highest BCUT2D eigenvalue weighted by Gasteiger charge is 2.37. The van der Waals surface area contributed by atoms with Gasteiger partial charge in [0.15, 0.2) is 0 Å². The largest absolute Gasteiger partial charge is 0.444 e. The van der Waals surface area contributed by atoms with E-state index in [0.717, 1.165) is 66.0 Å². The number of aromatic nitrogens is 2. The van der Waals surface area contributed by atoms with E-state index in [1.165, 1.54) is 12.1 Å². The van der Waals surface area contributed by atoms with Crippen LogP contribution < -0.4 is 10.6 Å². The van der Waals surface area contributed by atoms with Gasteiger partial charge in [-0.3, -0.25) is 0 Å². The van der Waals surface area contributed by atoms with Crippen molar-refractivity contribution in [1.29, 1.82) is 0 Å². The van der Waals surface area contributed by atoms with Gasteiger partial charge in [-0.05, 0) is 89.6 Å². The Morgan fingerprint density at radius 2 is 1.93 bits per heavy atom. The molecule has 8 nitrogen and oxygen atoms in total. The number of fused-ring (bicyclic) bond motifs is 1. The summed E-state index contributed by atoms with van der Waals surface area (Å²) in [5.41, 5.74) is 2.13. The zero-order valence-corrected chi connectivity index (χ0v) is 28.3. The maximum absolute atomic E-state index is 14.2. The van der Waals surface area contributed by atoms with Crippen molar-refractivity contribution in [1.82, 2.24) is 14.9 Å². The number of nitrogens with one attached hydrogen (secondary N) is 2. The molecule has 1 aromatic carbocycles. The second kappa shape index (κ2) is 13.8. The molecule has 0 aliphatic heterocycles. The number of rotatable bonds is 12. The maximum atomic E-state index is 14.2. The molecule has 0 spiro atoms. The molecule has 1 aliphatic carbocycles. The molecular weight excluding hydrogens is 575 g/mol. The molecule has 1 atom stereocenters. The van der Waals surface area contributed by atoms with Crippen LogP contribution >= 0.6 is 0 Å². The van der Waals surface area contributed by atoms with Gasteiger partial charge < -0.3 is 29.5 Å². The first-order valence-electron chi connectivity index (χ1n) is 15.7. The second-order valence-electron chi connectivity index (χ2n) is 14.5. The van der Waals surface area contributed by atoms with Gasteiger partial charge in [-0.1, -0.05) is 31.8 Å². The molecule has 44 heavy (non-hydrogen) atoms. The number of hydrogen-bond acceptors (Lipinski definition) is 6. The molecule has 2 N–H and O–H groups in total. The number of carbonyl (C=O) groups is 2. The summed E-state index contributed by atoms with van der Waals surface area (Å²) in [6.45, 7) is 16.0. The zero-order chi connectivity index (χ0) is 32.1. The average Bonchev–Trinajstić information content (AvgIpc) is 3.32. The van der Waals surface area contributed by atoms with Crippen molar-refractivity contribution in [2.75, 3.05) is 18.5 Å². The number of halogens is 1. The Morgan fingerprint density at radius 1 is 1.20 bits per heavy atom. The quantitative estimate of drug-likeness (QED) is 0.121. The Bertz CT molecular complexity index is 1440. The van der Waals surface area contributed by atoms with E-state index in [4.69, 9.17) is 9.47 Å². The molecule has 10 heteroatoms. The lowest BCUT2D eigenvalue weighted by atomic mass is 9.69. The molecule has 1 unspecified atom stereocenters. The predicted molar refractivity (Wildman–Crippen MR) is 177 cm³/mol. The summed E-state index contributed by atoms with van der Waals surface area (Å²) >= 11 is 0. The molecule has 3 aromatic rings. The molecule has 0 saturated heterocycles. The van der Waals surface area contributed by atoms with E-state index < -0.39 is 25.2 Å². The van der Waals surface area contributed by atoms with Gasteiger partial charge in [-0.25, -0.2) is 14.2 Å². The van der Waals surface area contributed by atoms with Crippen molar-refractivity contribution in [2.24, 2.45) is 11.3 Å². The third-order valence-electron chi connectivity index (χ3n) is 8.49. The van der Waals surface area contributed by atoms with E-state index in [1.54, 1.807) is 12.3 Å². The van der Waals surface area contributed by atoms with Crippen molar-refractivity contribution in [2.45, 2.75) is 97.4 Å². The van der Waals surface area contributed by atoms with Crippen LogP contribution in [0.4, 0.5) is 14.9 Å². The molecule has 0 bridgehead atoms. The van der Waals surface area contributed by atoms with Gasteiger partial charge in [0.2, 0.25) is 0 Å². The van der Waals surface area contributed by atoms with Crippen LogP contribution in [0.1, 0.15) is 53.4 Å². The molecule has 240 valence electrons. The number of aldehydes is 1. The molecule has 1 aliphatic rings. The second-order valence-corrected chi connectivity index (χ2v) is 20.1. The molecule has 2 heterocycles. The molecule has 4 rings (SSSR count). The summed E-state index contributed by atoms with van der Waals surface area (Å²) in [6.07, 6.45) is 5.55. The SMILES string of the molecule is CC(NC(=O)OC(C)(C)C)C1CCC(C=O)(CNc2ccnc3c2cc(-c2cccc(F)c2)n3COCC[Si](C)(C)C)CC1. The van der Waals surface area contributed by atoms with Crippen molar-refractivity contribution < 1.29 is 23.5 Å². The minimum absolute atomic E-state index is 0.0451. The van der Waals surface area contributed by atoms with Crippen molar-refractivity contribution >= 4 is 37.2 Å². The highest BCUT2D eigenvalue weighted by molar-refractivity contribution is 6.76.